The van der Waals surface area contributed by atoms with E-state index in [9.17, 15) is 0 Å². The van der Waals surface area contributed by atoms with Crippen LogP contribution in [0.1, 0.15) is 13.8 Å². The number of hydrogen-bond donors (Lipinski definition) is 2. The van der Waals surface area contributed by atoms with Crippen LogP contribution in [0.2, 0.25) is 0 Å². The molecule has 0 saturated heterocycles. The summed E-state index contributed by atoms with van der Waals surface area (Å²) in [6.07, 6.45) is 0.488. The van der Waals surface area contributed by atoms with Crippen molar-refractivity contribution >= 4 is 9.53 Å². The minimum Gasteiger partial charge on any atom is -0.391 e. The van der Waals surface area contributed by atoms with Gasteiger partial charge in [0, 0.05) is 0 Å². The van der Waals surface area contributed by atoms with Crippen molar-refractivity contribution in [2.75, 3.05) is 19.8 Å². The zero-order chi connectivity index (χ0) is 11.7. The van der Waals surface area contributed by atoms with Gasteiger partial charge in [-0.2, -0.15) is 0 Å². The van der Waals surface area contributed by atoms with Crippen molar-refractivity contribution < 1.29 is 23.5 Å². The van der Waals surface area contributed by atoms with Crippen molar-refractivity contribution in [1.82, 2.24) is 0 Å². The minimum atomic E-state index is -2.25. The fourth-order valence-electron chi connectivity index (χ4n) is 0.727. The Hall–Kier alpha value is -0.243. The lowest BCUT2D eigenvalue weighted by atomic mass is 10.5. The smallest absolute Gasteiger partial charge is 0.391 e. The van der Waals surface area contributed by atoms with Crippen LogP contribution in [0.3, 0.4) is 0 Å². The number of hydrogen-bond acceptors (Lipinski definition) is 5. The summed E-state index contributed by atoms with van der Waals surface area (Å²) >= 11 is 0. The fourth-order valence-corrected chi connectivity index (χ4v) is 2.18. The van der Waals surface area contributed by atoms with E-state index in [0.29, 0.717) is 6.61 Å². The van der Waals surface area contributed by atoms with Crippen molar-refractivity contribution in [2.24, 2.45) is 0 Å². The lowest BCUT2D eigenvalue weighted by Crippen LogP contribution is -2.32. The molecule has 0 heterocycles. The average molecular weight is 236 g/mol. The zero-order valence-corrected chi connectivity index (χ0v) is 10.4. The molecule has 0 radical (unpaired) electrons. The van der Waals surface area contributed by atoms with Crippen LogP contribution in [0.5, 0.6) is 0 Å². The second-order valence-electron chi connectivity index (χ2n) is 3.28. The number of aliphatic hydroxyl groups excluding tert-OH is 2. The van der Waals surface area contributed by atoms with Crippen molar-refractivity contribution in [3.05, 3.63) is 12.7 Å². The van der Waals surface area contributed by atoms with Gasteiger partial charge in [-0.3, -0.25) is 0 Å². The van der Waals surface area contributed by atoms with Gasteiger partial charge in [-0.25, -0.2) is 0 Å². The molecule has 0 aromatic heterocycles. The first-order valence-corrected chi connectivity index (χ1v) is 6.29. The Morgan fingerprint density at radius 2 is 1.60 bits per heavy atom. The summed E-state index contributed by atoms with van der Waals surface area (Å²) in [5.74, 6) is 0. The van der Waals surface area contributed by atoms with Crippen LogP contribution in [0.25, 0.3) is 0 Å². The van der Waals surface area contributed by atoms with E-state index in [4.69, 9.17) is 23.5 Å². The molecule has 0 fully saturated rings. The van der Waals surface area contributed by atoms with E-state index in [0.717, 1.165) is 0 Å². The van der Waals surface area contributed by atoms with Gasteiger partial charge in [-0.1, -0.05) is 6.08 Å². The first kappa shape index (κ1) is 14.8. The first-order chi connectivity index (χ1) is 7.06. The second-order valence-corrected chi connectivity index (χ2v) is 4.85. The lowest BCUT2D eigenvalue weighted by Gasteiger charge is -2.17. The maximum Gasteiger partial charge on any atom is 0.484 e. The Bertz CT molecular complexity index is 151. The molecule has 2 N–H and O–H groups in total. The monoisotopic (exact) mass is 236 g/mol. The van der Waals surface area contributed by atoms with Crippen LogP contribution in [-0.2, 0) is 13.3 Å². The third kappa shape index (κ3) is 10.0. The summed E-state index contributed by atoms with van der Waals surface area (Å²) in [4.78, 5) is 0. The maximum atomic E-state index is 9.02. The molecule has 0 spiro atoms. The highest BCUT2D eigenvalue weighted by molar-refractivity contribution is 6.36. The van der Waals surface area contributed by atoms with E-state index in [1.807, 2.05) is 0 Å². The molecule has 90 valence electrons. The highest BCUT2D eigenvalue weighted by Gasteiger charge is 2.16. The first-order valence-electron chi connectivity index (χ1n) is 4.88. The van der Waals surface area contributed by atoms with E-state index >= 15 is 0 Å². The summed E-state index contributed by atoms with van der Waals surface area (Å²) in [6, 6.07) is 0. The van der Waals surface area contributed by atoms with E-state index in [1.54, 1.807) is 19.9 Å². The predicted octanol–water partition coefficient (Wildman–Crippen LogP) is -0.299. The molecule has 0 aliphatic carbocycles. The zero-order valence-electron chi connectivity index (χ0n) is 9.26. The van der Waals surface area contributed by atoms with Crippen molar-refractivity contribution in [1.29, 1.82) is 0 Å². The van der Waals surface area contributed by atoms with Crippen LogP contribution < -0.4 is 0 Å². The van der Waals surface area contributed by atoms with Gasteiger partial charge in [0.25, 0.3) is 0 Å². The lowest BCUT2D eigenvalue weighted by molar-refractivity contribution is 0.0331. The Balaban J connectivity index is 3.77. The quantitative estimate of drug-likeness (QED) is 0.425. The highest BCUT2D eigenvalue weighted by atomic mass is 28.3. The molecule has 2 unspecified atom stereocenters. The highest BCUT2D eigenvalue weighted by Crippen LogP contribution is 1.96. The SMILES string of the molecule is C=CCO[SiH](OCC(C)O)OCC(C)O. The third-order valence-corrected chi connectivity index (χ3v) is 2.69. The topological polar surface area (TPSA) is 68.2 Å². The van der Waals surface area contributed by atoms with Gasteiger partial charge in [-0.05, 0) is 13.8 Å². The summed E-state index contributed by atoms with van der Waals surface area (Å²) in [7, 11) is -2.25. The Kier molecular flexibility index (Phi) is 8.87. The molecule has 15 heavy (non-hydrogen) atoms. The molecule has 0 bridgehead atoms. The summed E-state index contributed by atoms with van der Waals surface area (Å²) in [6.45, 7) is 7.44. The van der Waals surface area contributed by atoms with Gasteiger partial charge < -0.3 is 23.5 Å². The Morgan fingerprint density at radius 3 is 1.93 bits per heavy atom. The molecule has 0 rings (SSSR count). The van der Waals surface area contributed by atoms with Crippen molar-refractivity contribution in [2.45, 2.75) is 26.1 Å². The number of rotatable bonds is 9. The van der Waals surface area contributed by atoms with Crippen molar-refractivity contribution in [3.63, 3.8) is 0 Å². The third-order valence-electron chi connectivity index (χ3n) is 1.30. The summed E-state index contributed by atoms with van der Waals surface area (Å²) in [5, 5.41) is 18.0. The largest absolute Gasteiger partial charge is 0.484 e. The van der Waals surface area contributed by atoms with Crippen LogP contribution in [-0.4, -0.2) is 51.8 Å². The summed E-state index contributed by atoms with van der Waals surface area (Å²) in [5.41, 5.74) is 0. The predicted molar refractivity (Wildman–Crippen MR) is 58.6 cm³/mol. The molecule has 0 aromatic rings. The Morgan fingerprint density at radius 1 is 1.13 bits per heavy atom. The Labute approximate surface area is 92.2 Å². The van der Waals surface area contributed by atoms with Crippen molar-refractivity contribution in [3.8, 4) is 0 Å². The van der Waals surface area contributed by atoms with E-state index in [2.05, 4.69) is 6.58 Å². The minimum absolute atomic E-state index is 0.174. The fraction of sp³-hybridized carbons (Fsp3) is 0.778. The molecular weight excluding hydrogens is 216 g/mol. The molecule has 0 aliphatic heterocycles. The van der Waals surface area contributed by atoms with E-state index < -0.39 is 21.7 Å². The summed E-state index contributed by atoms with van der Waals surface area (Å²) < 4.78 is 15.7. The molecule has 0 aromatic carbocycles. The standard InChI is InChI=1S/C9H20O5Si/c1-4-5-12-15(13-6-8(2)10)14-7-9(3)11/h4,8-11,15H,1,5-7H2,2-3H3. The van der Waals surface area contributed by atoms with Gasteiger partial charge >= 0.3 is 9.53 Å². The van der Waals surface area contributed by atoms with Crippen LogP contribution in [0.15, 0.2) is 12.7 Å². The van der Waals surface area contributed by atoms with Crippen LogP contribution in [0, 0.1) is 0 Å². The van der Waals surface area contributed by atoms with Gasteiger partial charge in [0.2, 0.25) is 0 Å². The van der Waals surface area contributed by atoms with Gasteiger partial charge in [0.1, 0.15) is 0 Å². The normalized spacial score (nSPS) is 17.1. The average Bonchev–Trinajstić information content (AvgIpc) is 2.16. The molecule has 2 atom stereocenters. The maximum absolute atomic E-state index is 9.02. The van der Waals surface area contributed by atoms with Gasteiger partial charge in [0.05, 0.1) is 32.0 Å². The molecule has 6 heteroatoms. The molecule has 0 saturated carbocycles. The van der Waals surface area contributed by atoms with Crippen LogP contribution in [0.4, 0.5) is 0 Å². The molecule has 0 amide bonds. The van der Waals surface area contributed by atoms with Gasteiger partial charge in [0.15, 0.2) is 0 Å². The molecular formula is C9H20O5Si. The van der Waals surface area contributed by atoms with Crippen LogP contribution >= 0.6 is 0 Å². The molecule has 5 nitrogen and oxygen atoms in total. The number of aliphatic hydroxyl groups is 2. The van der Waals surface area contributed by atoms with E-state index in [1.165, 1.54) is 0 Å². The second kappa shape index (κ2) is 9.02. The molecule has 0 aliphatic rings. The van der Waals surface area contributed by atoms with E-state index in [-0.39, 0.29) is 13.2 Å². The van der Waals surface area contributed by atoms with Gasteiger partial charge in [-0.15, -0.1) is 6.58 Å².